The second kappa shape index (κ2) is 8.53. The van der Waals surface area contributed by atoms with E-state index in [1.807, 2.05) is 31.3 Å². The van der Waals surface area contributed by atoms with E-state index < -0.39 is 0 Å². The molecular weight excluding hydrogens is 368 g/mol. The van der Waals surface area contributed by atoms with Crippen LogP contribution in [-0.2, 0) is 0 Å². The second-order valence-corrected chi connectivity index (χ2v) is 9.07. The van der Waals surface area contributed by atoms with Gasteiger partial charge in [0.15, 0.2) is 0 Å². The number of ether oxygens (including phenoxy) is 1. The summed E-state index contributed by atoms with van der Waals surface area (Å²) in [4.78, 5) is 11.3. The molecule has 1 aliphatic heterocycles. The van der Waals surface area contributed by atoms with Crippen LogP contribution in [0.1, 0.15) is 39.7 Å². The van der Waals surface area contributed by atoms with E-state index in [-0.39, 0.29) is 5.54 Å². The average molecular weight is 399 g/mol. The molecule has 3 rings (SSSR count). The van der Waals surface area contributed by atoms with E-state index in [1.165, 1.54) is 5.70 Å². The Hall–Kier alpha value is -2.05. The van der Waals surface area contributed by atoms with Crippen LogP contribution in [0, 0.1) is 12.8 Å². The quantitative estimate of drug-likeness (QED) is 0.711. The highest BCUT2D eigenvalue weighted by molar-refractivity contribution is 8.02. The van der Waals surface area contributed by atoms with Crippen LogP contribution in [0.15, 0.2) is 41.6 Å². The first-order chi connectivity index (χ1) is 13.2. The van der Waals surface area contributed by atoms with Gasteiger partial charge in [0.2, 0.25) is 5.95 Å². The summed E-state index contributed by atoms with van der Waals surface area (Å²) in [6.07, 6.45) is 2.75. The standard InChI is InChI=1S/C22H30N4OS/c1-15(2)11-22(5,23)13-27-20-7-6-18(10-16(20)3)19-8-9-24-21(25-19)26-14-28-12-17(26)4/h6-10,12,15H,11,13-14,23H2,1-5H3/t22-/m0/s1. The summed E-state index contributed by atoms with van der Waals surface area (Å²) in [5, 5.41) is 2.14. The van der Waals surface area contributed by atoms with Crippen molar-refractivity contribution >= 4 is 17.7 Å². The van der Waals surface area contributed by atoms with Crippen LogP contribution in [-0.4, -0.2) is 28.0 Å². The molecule has 6 heteroatoms. The molecular formula is C22H30N4OS. The van der Waals surface area contributed by atoms with Gasteiger partial charge in [-0.3, -0.25) is 0 Å². The lowest BCUT2D eigenvalue weighted by molar-refractivity contribution is 0.206. The third kappa shape index (κ3) is 5.06. The highest BCUT2D eigenvalue weighted by atomic mass is 32.2. The molecule has 0 radical (unpaired) electrons. The van der Waals surface area contributed by atoms with Crippen LogP contribution in [0.2, 0.25) is 0 Å². The van der Waals surface area contributed by atoms with Gasteiger partial charge in [-0.05, 0) is 68.3 Å². The van der Waals surface area contributed by atoms with Crippen LogP contribution in [0.4, 0.5) is 5.95 Å². The third-order valence-electron chi connectivity index (χ3n) is 4.67. The van der Waals surface area contributed by atoms with E-state index in [0.717, 1.165) is 40.8 Å². The summed E-state index contributed by atoms with van der Waals surface area (Å²) in [5.74, 6) is 3.01. The van der Waals surface area contributed by atoms with Crippen molar-refractivity contribution in [3.05, 3.63) is 47.1 Å². The van der Waals surface area contributed by atoms with Crippen molar-refractivity contribution in [2.24, 2.45) is 11.7 Å². The summed E-state index contributed by atoms with van der Waals surface area (Å²) in [5.41, 5.74) is 10.3. The fourth-order valence-electron chi connectivity index (χ4n) is 3.46. The maximum atomic E-state index is 6.37. The molecule has 150 valence electrons. The number of nitrogens with zero attached hydrogens (tertiary/aromatic N) is 3. The minimum atomic E-state index is -0.333. The van der Waals surface area contributed by atoms with Gasteiger partial charge < -0.3 is 15.4 Å². The summed E-state index contributed by atoms with van der Waals surface area (Å²) in [7, 11) is 0. The first kappa shape index (κ1) is 20.7. The Morgan fingerprint density at radius 2 is 2.07 bits per heavy atom. The molecule has 1 aromatic carbocycles. The zero-order chi connectivity index (χ0) is 20.3. The van der Waals surface area contributed by atoms with Gasteiger partial charge in [0, 0.05) is 23.0 Å². The average Bonchev–Trinajstić information content (AvgIpc) is 3.06. The summed E-state index contributed by atoms with van der Waals surface area (Å²) < 4.78 is 6.04. The smallest absolute Gasteiger partial charge is 0.230 e. The van der Waals surface area contributed by atoms with Gasteiger partial charge in [-0.25, -0.2) is 9.97 Å². The van der Waals surface area contributed by atoms with E-state index in [9.17, 15) is 0 Å². The molecule has 0 unspecified atom stereocenters. The van der Waals surface area contributed by atoms with Crippen LogP contribution in [0.5, 0.6) is 5.75 Å². The number of thioether (sulfide) groups is 1. The largest absolute Gasteiger partial charge is 0.491 e. The number of rotatable bonds is 7. The SMILES string of the molecule is CC1=CSCN1c1nccc(-c2ccc(OC[C@@](C)(N)CC(C)C)c(C)c2)n1. The lowest BCUT2D eigenvalue weighted by Crippen LogP contribution is -2.43. The number of hydrogen-bond acceptors (Lipinski definition) is 6. The van der Waals surface area contributed by atoms with E-state index in [4.69, 9.17) is 15.5 Å². The van der Waals surface area contributed by atoms with Gasteiger partial charge in [0.05, 0.1) is 11.6 Å². The molecule has 28 heavy (non-hydrogen) atoms. The maximum absolute atomic E-state index is 6.37. The van der Waals surface area contributed by atoms with E-state index in [2.05, 4.69) is 49.1 Å². The fraction of sp³-hybridized carbons (Fsp3) is 0.455. The Balaban J connectivity index is 1.75. The zero-order valence-electron chi connectivity index (χ0n) is 17.4. The Labute approximate surface area is 172 Å². The van der Waals surface area contributed by atoms with Gasteiger partial charge in [-0.2, -0.15) is 0 Å². The molecule has 0 bridgehead atoms. The zero-order valence-corrected chi connectivity index (χ0v) is 18.2. The monoisotopic (exact) mass is 398 g/mol. The predicted molar refractivity (Wildman–Crippen MR) is 118 cm³/mol. The molecule has 0 aliphatic carbocycles. The number of aromatic nitrogens is 2. The summed E-state index contributed by atoms with van der Waals surface area (Å²) in [6, 6.07) is 8.11. The molecule has 1 atom stereocenters. The number of benzene rings is 1. The Morgan fingerprint density at radius 3 is 2.71 bits per heavy atom. The Bertz CT molecular complexity index is 863. The first-order valence-corrected chi connectivity index (χ1v) is 10.7. The number of hydrogen-bond donors (Lipinski definition) is 1. The number of aryl methyl sites for hydroxylation is 1. The Morgan fingerprint density at radius 1 is 1.29 bits per heavy atom. The van der Waals surface area contributed by atoms with Crippen molar-refractivity contribution in [3.8, 4) is 17.0 Å². The van der Waals surface area contributed by atoms with E-state index in [0.29, 0.717) is 12.5 Å². The van der Waals surface area contributed by atoms with Crippen LogP contribution in [0.3, 0.4) is 0 Å². The molecule has 1 aromatic heterocycles. The second-order valence-electron chi connectivity index (χ2n) is 8.25. The third-order valence-corrected chi connectivity index (χ3v) is 5.59. The van der Waals surface area contributed by atoms with Crippen LogP contribution >= 0.6 is 11.8 Å². The molecule has 0 spiro atoms. The number of nitrogens with two attached hydrogens (primary N) is 1. The van der Waals surface area contributed by atoms with Crippen LogP contribution in [0.25, 0.3) is 11.3 Å². The molecule has 2 heterocycles. The number of allylic oxidation sites excluding steroid dienone is 1. The normalized spacial score (nSPS) is 16.2. The lowest BCUT2D eigenvalue weighted by atomic mass is 9.93. The van der Waals surface area contributed by atoms with Crippen molar-refractivity contribution in [2.75, 3.05) is 17.4 Å². The van der Waals surface area contributed by atoms with Crippen LogP contribution < -0.4 is 15.4 Å². The summed E-state index contributed by atoms with van der Waals surface area (Å²) >= 11 is 1.76. The van der Waals surface area contributed by atoms with E-state index >= 15 is 0 Å². The predicted octanol–water partition coefficient (Wildman–Crippen LogP) is 4.97. The molecule has 2 N–H and O–H groups in total. The molecule has 0 saturated heterocycles. The minimum absolute atomic E-state index is 0.333. The van der Waals surface area contributed by atoms with Crippen molar-refractivity contribution in [1.82, 2.24) is 9.97 Å². The van der Waals surface area contributed by atoms with Crippen molar-refractivity contribution < 1.29 is 4.74 Å². The van der Waals surface area contributed by atoms with Crippen molar-refractivity contribution in [3.63, 3.8) is 0 Å². The Kier molecular flexibility index (Phi) is 6.30. The molecule has 1 aliphatic rings. The maximum Gasteiger partial charge on any atom is 0.230 e. The molecule has 0 saturated carbocycles. The minimum Gasteiger partial charge on any atom is -0.491 e. The fourth-order valence-corrected chi connectivity index (χ4v) is 4.37. The highest BCUT2D eigenvalue weighted by Gasteiger charge is 2.21. The molecule has 0 amide bonds. The van der Waals surface area contributed by atoms with Crippen molar-refractivity contribution in [2.45, 2.75) is 46.6 Å². The highest BCUT2D eigenvalue weighted by Crippen LogP contribution is 2.30. The van der Waals surface area contributed by atoms with Gasteiger partial charge in [0.25, 0.3) is 0 Å². The van der Waals surface area contributed by atoms with Crippen molar-refractivity contribution in [1.29, 1.82) is 0 Å². The molecule has 5 nitrogen and oxygen atoms in total. The topological polar surface area (TPSA) is 64.3 Å². The van der Waals surface area contributed by atoms with Gasteiger partial charge in [0.1, 0.15) is 12.4 Å². The number of anilines is 1. The molecule has 0 fully saturated rings. The lowest BCUT2D eigenvalue weighted by Gasteiger charge is -2.27. The molecule has 2 aromatic rings. The first-order valence-electron chi connectivity index (χ1n) is 9.67. The van der Waals surface area contributed by atoms with Gasteiger partial charge >= 0.3 is 0 Å². The van der Waals surface area contributed by atoms with Gasteiger partial charge in [-0.15, -0.1) is 11.8 Å². The van der Waals surface area contributed by atoms with E-state index in [1.54, 1.807) is 11.8 Å². The van der Waals surface area contributed by atoms with Gasteiger partial charge in [-0.1, -0.05) is 13.8 Å². The summed E-state index contributed by atoms with van der Waals surface area (Å²) in [6.45, 7) is 11.0.